The van der Waals surface area contributed by atoms with Gasteiger partial charge in [-0.15, -0.1) is 0 Å². The Balaban J connectivity index is 1.59. The summed E-state index contributed by atoms with van der Waals surface area (Å²) in [4.78, 5) is 13.0. The lowest BCUT2D eigenvalue weighted by atomic mass is 9.95. The van der Waals surface area contributed by atoms with Crippen LogP contribution in [0.1, 0.15) is 25.7 Å². The van der Waals surface area contributed by atoms with Crippen LogP contribution in [0.4, 0.5) is 5.82 Å². The van der Waals surface area contributed by atoms with Crippen molar-refractivity contribution in [3.05, 3.63) is 24.5 Å². The van der Waals surface area contributed by atoms with Crippen LogP contribution in [0.15, 0.2) is 24.5 Å². The number of fused-ring (bicyclic) bond motifs is 3. The highest BCUT2D eigenvalue weighted by atomic mass is 15.1. The lowest BCUT2D eigenvalue weighted by Gasteiger charge is -2.23. The van der Waals surface area contributed by atoms with E-state index in [1.807, 2.05) is 12.1 Å². The molecule has 18 heavy (non-hydrogen) atoms. The predicted molar refractivity (Wildman–Crippen MR) is 70.2 cm³/mol. The van der Waals surface area contributed by atoms with E-state index in [0.29, 0.717) is 6.04 Å². The van der Waals surface area contributed by atoms with Gasteiger partial charge in [-0.05, 0) is 43.2 Å². The molecule has 4 nitrogen and oxygen atoms in total. The SMILES string of the molecule is c1cnc2nc(NC3CC4CCC3C4)ccc2n1. The Morgan fingerprint density at radius 1 is 1.06 bits per heavy atom. The van der Waals surface area contributed by atoms with E-state index in [1.54, 1.807) is 12.4 Å². The largest absolute Gasteiger partial charge is 0.367 e. The van der Waals surface area contributed by atoms with Gasteiger partial charge in [0.25, 0.3) is 0 Å². The first-order chi connectivity index (χ1) is 8.88. The van der Waals surface area contributed by atoms with E-state index < -0.39 is 0 Å². The summed E-state index contributed by atoms with van der Waals surface area (Å²) in [7, 11) is 0. The van der Waals surface area contributed by atoms with E-state index >= 15 is 0 Å². The van der Waals surface area contributed by atoms with Gasteiger partial charge in [-0.2, -0.15) is 0 Å². The van der Waals surface area contributed by atoms with Crippen LogP contribution in [0.3, 0.4) is 0 Å². The van der Waals surface area contributed by atoms with Crippen molar-refractivity contribution in [2.45, 2.75) is 31.7 Å². The van der Waals surface area contributed by atoms with Gasteiger partial charge >= 0.3 is 0 Å². The molecular formula is C14H16N4. The summed E-state index contributed by atoms with van der Waals surface area (Å²) in [6.07, 6.45) is 8.93. The first-order valence-corrected chi connectivity index (χ1v) is 6.73. The second kappa shape index (κ2) is 3.90. The first-order valence-electron chi connectivity index (χ1n) is 6.73. The maximum absolute atomic E-state index is 4.54. The Kier molecular flexibility index (Phi) is 2.22. The van der Waals surface area contributed by atoms with Crippen LogP contribution in [0, 0.1) is 11.8 Å². The third kappa shape index (κ3) is 1.64. The Labute approximate surface area is 106 Å². The summed E-state index contributed by atoms with van der Waals surface area (Å²) in [5.74, 6) is 2.75. The van der Waals surface area contributed by atoms with Crippen molar-refractivity contribution in [1.82, 2.24) is 15.0 Å². The Morgan fingerprint density at radius 3 is 2.83 bits per heavy atom. The molecule has 2 aromatic heterocycles. The first kappa shape index (κ1) is 10.2. The van der Waals surface area contributed by atoms with Crippen LogP contribution in [-0.4, -0.2) is 21.0 Å². The zero-order valence-corrected chi connectivity index (χ0v) is 10.2. The smallest absolute Gasteiger partial charge is 0.180 e. The molecule has 92 valence electrons. The molecule has 0 radical (unpaired) electrons. The summed E-state index contributed by atoms with van der Waals surface area (Å²) in [6.45, 7) is 0. The van der Waals surface area contributed by atoms with Crippen LogP contribution in [0.5, 0.6) is 0 Å². The van der Waals surface area contributed by atoms with E-state index in [2.05, 4.69) is 20.3 Å². The summed E-state index contributed by atoms with van der Waals surface area (Å²) in [5.41, 5.74) is 1.58. The van der Waals surface area contributed by atoms with Crippen LogP contribution in [-0.2, 0) is 0 Å². The molecule has 0 aliphatic heterocycles. The van der Waals surface area contributed by atoms with Crippen LogP contribution in [0.25, 0.3) is 11.2 Å². The molecule has 0 saturated heterocycles. The van der Waals surface area contributed by atoms with E-state index in [9.17, 15) is 0 Å². The van der Waals surface area contributed by atoms with Crippen molar-refractivity contribution in [3.8, 4) is 0 Å². The molecule has 2 aromatic rings. The fourth-order valence-corrected chi connectivity index (χ4v) is 3.55. The standard InChI is InChI=1S/C14H16N4/c1-2-10-7-9(1)8-12(10)17-13-4-3-11-14(18-13)16-6-5-15-11/h3-6,9-10,12H,1-2,7-8H2,(H,16,17,18). The molecule has 4 rings (SSSR count). The minimum atomic E-state index is 0.616. The molecule has 2 heterocycles. The molecule has 0 aromatic carbocycles. The fourth-order valence-electron chi connectivity index (χ4n) is 3.55. The van der Waals surface area contributed by atoms with Crippen molar-refractivity contribution in [2.75, 3.05) is 5.32 Å². The Morgan fingerprint density at radius 2 is 2.00 bits per heavy atom. The number of hydrogen-bond acceptors (Lipinski definition) is 4. The molecule has 2 bridgehead atoms. The Bertz CT molecular complexity index is 583. The number of rotatable bonds is 2. The maximum atomic E-state index is 4.54. The molecule has 2 aliphatic rings. The average molecular weight is 240 g/mol. The van der Waals surface area contributed by atoms with Crippen LogP contribution < -0.4 is 5.32 Å². The van der Waals surface area contributed by atoms with E-state index in [-0.39, 0.29) is 0 Å². The van der Waals surface area contributed by atoms with Crippen molar-refractivity contribution in [3.63, 3.8) is 0 Å². The fraction of sp³-hybridized carbons (Fsp3) is 0.500. The topological polar surface area (TPSA) is 50.7 Å². The van der Waals surface area contributed by atoms with E-state index in [1.165, 1.54) is 25.7 Å². The molecule has 2 fully saturated rings. The second-order valence-electron chi connectivity index (χ2n) is 5.52. The number of aromatic nitrogens is 3. The second-order valence-corrected chi connectivity index (χ2v) is 5.52. The number of hydrogen-bond donors (Lipinski definition) is 1. The van der Waals surface area contributed by atoms with Gasteiger partial charge in [-0.1, -0.05) is 6.42 Å². The molecule has 3 unspecified atom stereocenters. The highest BCUT2D eigenvalue weighted by Crippen LogP contribution is 2.45. The zero-order valence-electron chi connectivity index (χ0n) is 10.2. The van der Waals surface area contributed by atoms with Crippen molar-refractivity contribution < 1.29 is 0 Å². The van der Waals surface area contributed by atoms with Gasteiger partial charge in [0.2, 0.25) is 0 Å². The highest BCUT2D eigenvalue weighted by molar-refractivity contribution is 5.71. The van der Waals surface area contributed by atoms with E-state index in [4.69, 9.17) is 0 Å². The van der Waals surface area contributed by atoms with Gasteiger partial charge in [0.15, 0.2) is 5.65 Å². The molecule has 0 amide bonds. The summed E-state index contributed by atoms with van der Waals surface area (Å²) < 4.78 is 0. The van der Waals surface area contributed by atoms with Crippen LogP contribution >= 0.6 is 0 Å². The molecule has 0 spiro atoms. The van der Waals surface area contributed by atoms with E-state index in [0.717, 1.165) is 28.8 Å². The van der Waals surface area contributed by atoms with Gasteiger partial charge < -0.3 is 5.32 Å². The molecular weight excluding hydrogens is 224 g/mol. The number of nitrogens with zero attached hydrogens (tertiary/aromatic N) is 3. The van der Waals surface area contributed by atoms with Crippen molar-refractivity contribution in [1.29, 1.82) is 0 Å². The summed E-state index contributed by atoms with van der Waals surface area (Å²) in [5, 5.41) is 3.59. The maximum Gasteiger partial charge on any atom is 0.180 e. The molecule has 3 atom stereocenters. The lowest BCUT2D eigenvalue weighted by Crippen LogP contribution is -2.26. The van der Waals surface area contributed by atoms with Gasteiger partial charge in [-0.25, -0.2) is 9.97 Å². The van der Waals surface area contributed by atoms with Gasteiger partial charge in [-0.3, -0.25) is 4.98 Å². The number of pyridine rings is 1. The predicted octanol–water partition coefficient (Wildman–Crippen LogP) is 2.63. The van der Waals surface area contributed by atoms with Crippen molar-refractivity contribution in [2.24, 2.45) is 11.8 Å². The van der Waals surface area contributed by atoms with Gasteiger partial charge in [0.1, 0.15) is 11.3 Å². The highest BCUT2D eigenvalue weighted by Gasteiger charge is 2.39. The molecule has 1 N–H and O–H groups in total. The third-order valence-corrected chi connectivity index (χ3v) is 4.40. The minimum Gasteiger partial charge on any atom is -0.367 e. The molecule has 2 aliphatic carbocycles. The summed E-state index contributed by atoms with van der Waals surface area (Å²) >= 11 is 0. The van der Waals surface area contributed by atoms with Crippen molar-refractivity contribution >= 4 is 17.0 Å². The van der Waals surface area contributed by atoms with Crippen LogP contribution in [0.2, 0.25) is 0 Å². The average Bonchev–Trinajstić information content (AvgIpc) is 3.01. The normalized spacial score (nSPS) is 29.9. The zero-order chi connectivity index (χ0) is 11.9. The minimum absolute atomic E-state index is 0.616. The third-order valence-electron chi connectivity index (χ3n) is 4.40. The summed E-state index contributed by atoms with van der Waals surface area (Å²) in [6, 6.07) is 4.62. The Hall–Kier alpha value is -1.71. The number of nitrogens with one attached hydrogen (secondary N) is 1. The quantitative estimate of drug-likeness (QED) is 0.876. The molecule has 4 heteroatoms. The number of anilines is 1. The van der Waals surface area contributed by atoms with Gasteiger partial charge in [0.05, 0.1) is 0 Å². The van der Waals surface area contributed by atoms with Gasteiger partial charge in [0, 0.05) is 18.4 Å². The molecule has 2 saturated carbocycles. The monoisotopic (exact) mass is 240 g/mol. The lowest BCUT2D eigenvalue weighted by molar-refractivity contribution is 0.439.